The molecule has 2 aliphatic carbocycles. The van der Waals surface area contributed by atoms with Crippen molar-refractivity contribution >= 4 is 6.09 Å². The molecule has 4 rings (SSSR count). The third-order valence-electron chi connectivity index (χ3n) is 5.98. The highest BCUT2D eigenvalue weighted by atomic mass is 16.5. The van der Waals surface area contributed by atoms with Crippen LogP contribution in [0, 0.1) is 5.41 Å². The summed E-state index contributed by atoms with van der Waals surface area (Å²) >= 11 is 0. The topological polar surface area (TPSA) is 58.6 Å². The minimum absolute atomic E-state index is 0.0525. The summed E-state index contributed by atoms with van der Waals surface area (Å²) < 4.78 is 5.54. The Morgan fingerprint density at radius 1 is 1.07 bits per heavy atom. The van der Waals surface area contributed by atoms with Crippen LogP contribution in [0.25, 0.3) is 11.1 Å². The van der Waals surface area contributed by atoms with Crippen LogP contribution in [0.2, 0.25) is 0 Å². The molecule has 2 N–H and O–H groups in total. The Morgan fingerprint density at radius 3 is 2.22 bits per heavy atom. The monoisotopic (exact) mass is 365 g/mol. The average Bonchev–Trinajstić information content (AvgIpc) is 3.12. The number of carbonyl (C=O) groups is 1. The highest BCUT2D eigenvalue weighted by Crippen LogP contribution is 2.45. The van der Waals surface area contributed by atoms with E-state index in [9.17, 15) is 9.90 Å². The molecule has 0 saturated heterocycles. The maximum absolute atomic E-state index is 12.2. The Hall–Kier alpha value is -2.33. The van der Waals surface area contributed by atoms with Crippen LogP contribution in [0.1, 0.15) is 50.2 Å². The van der Waals surface area contributed by atoms with Gasteiger partial charge in [-0.05, 0) is 46.9 Å². The lowest BCUT2D eigenvalue weighted by molar-refractivity contribution is 0.0356. The largest absolute Gasteiger partial charge is 0.449 e. The lowest BCUT2D eigenvalue weighted by atomic mass is 9.89. The fourth-order valence-electron chi connectivity index (χ4n) is 4.68. The van der Waals surface area contributed by atoms with Crippen LogP contribution in [-0.2, 0) is 4.74 Å². The summed E-state index contributed by atoms with van der Waals surface area (Å²) in [5, 5.41) is 13.4. The van der Waals surface area contributed by atoms with Gasteiger partial charge in [-0.2, -0.15) is 0 Å². The molecule has 0 spiro atoms. The van der Waals surface area contributed by atoms with E-state index in [2.05, 4.69) is 43.4 Å². The van der Waals surface area contributed by atoms with Crippen molar-refractivity contribution < 1.29 is 14.6 Å². The van der Waals surface area contributed by atoms with Crippen molar-refractivity contribution in [1.29, 1.82) is 0 Å². The molecule has 27 heavy (non-hydrogen) atoms. The van der Waals surface area contributed by atoms with Crippen LogP contribution in [0.4, 0.5) is 4.79 Å². The number of benzene rings is 2. The van der Waals surface area contributed by atoms with Gasteiger partial charge in [-0.25, -0.2) is 4.79 Å². The molecule has 1 fully saturated rings. The number of fused-ring (bicyclic) bond motifs is 3. The van der Waals surface area contributed by atoms with Crippen LogP contribution >= 0.6 is 0 Å². The van der Waals surface area contributed by atoms with E-state index in [1.54, 1.807) is 0 Å². The second-order valence-corrected chi connectivity index (χ2v) is 8.74. The molecule has 1 atom stereocenters. The predicted molar refractivity (Wildman–Crippen MR) is 106 cm³/mol. The van der Waals surface area contributed by atoms with Gasteiger partial charge in [-0.15, -0.1) is 0 Å². The molecule has 0 heterocycles. The molecule has 4 nitrogen and oxygen atoms in total. The molecular formula is C23H27NO3. The standard InChI is InChI=1S/C23H27NO3/c1-22(2)11-12-23(26,14-22)15-24-21(25)27-13-20-18-9-5-3-7-16(18)17-8-4-6-10-19(17)20/h3-10,20,26H,11-15H2,1-2H3,(H,24,25). The number of alkyl carbamates (subject to hydrolysis) is 1. The van der Waals surface area contributed by atoms with Gasteiger partial charge in [0.15, 0.2) is 0 Å². The Morgan fingerprint density at radius 2 is 1.67 bits per heavy atom. The van der Waals surface area contributed by atoms with Gasteiger partial charge in [0.05, 0.1) is 5.60 Å². The quantitative estimate of drug-likeness (QED) is 0.841. The summed E-state index contributed by atoms with van der Waals surface area (Å²) in [6.45, 7) is 4.84. The Bertz CT molecular complexity index is 815. The highest BCUT2D eigenvalue weighted by molar-refractivity contribution is 5.79. The maximum atomic E-state index is 12.2. The van der Waals surface area contributed by atoms with Crippen LogP contribution in [0.5, 0.6) is 0 Å². The van der Waals surface area contributed by atoms with Crippen LogP contribution in [0.15, 0.2) is 48.5 Å². The maximum Gasteiger partial charge on any atom is 0.407 e. The lowest BCUT2D eigenvalue weighted by Crippen LogP contribution is -2.42. The Kier molecular flexibility index (Phi) is 4.47. The van der Waals surface area contributed by atoms with Crippen molar-refractivity contribution in [3.63, 3.8) is 0 Å². The molecule has 2 aromatic carbocycles. The first-order valence-corrected chi connectivity index (χ1v) is 9.68. The second-order valence-electron chi connectivity index (χ2n) is 8.74. The molecule has 1 amide bonds. The van der Waals surface area contributed by atoms with E-state index in [1.807, 2.05) is 24.3 Å². The molecule has 0 aliphatic heterocycles. The SMILES string of the molecule is CC1(C)CCC(O)(CNC(=O)OCC2c3ccccc3-c3ccccc32)C1. The molecule has 1 saturated carbocycles. The van der Waals surface area contributed by atoms with Gasteiger partial charge in [0.2, 0.25) is 0 Å². The van der Waals surface area contributed by atoms with Crippen molar-refractivity contribution in [3.05, 3.63) is 59.7 Å². The zero-order chi connectivity index (χ0) is 19.1. The number of carbonyl (C=O) groups excluding carboxylic acids is 1. The molecule has 2 aliphatic rings. The molecule has 1 unspecified atom stereocenters. The fraction of sp³-hybridized carbons (Fsp3) is 0.435. The van der Waals surface area contributed by atoms with Crippen molar-refractivity contribution in [3.8, 4) is 11.1 Å². The second kappa shape index (κ2) is 6.68. The molecule has 0 aromatic heterocycles. The van der Waals surface area contributed by atoms with Gasteiger partial charge >= 0.3 is 6.09 Å². The highest BCUT2D eigenvalue weighted by Gasteiger charge is 2.42. The first-order chi connectivity index (χ1) is 12.9. The number of hydrogen-bond donors (Lipinski definition) is 2. The molecular weight excluding hydrogens is 338 g/mol. The smallest absolute Gasteiger partial charge is 0.407 e. The lowest BCUT2D eigenvalue weighted by Gasteiger charge is -2.25. The van der Waals surface area contributed by atoms with E-state index >= 15 is 0 Å². The van der Waals surface area contributed by atoms with Gasteiger partial charge in [-0.1, -0.05) is 62.4 Å². The van der Waals surface area contributed by atoms with E-state index in [-0.39, 0.29) is 17.9 Å². The van der Waals surface area contributed by atoms with Crippen molar-refractivity contribution in [2.45, 2.75) is 44.6 Å². The third kappa shape index (κ3) is 3.59. The van der Waals surface area contributed by atoms with Gasteiger partial charge in [0.1, 0.15) is 6.61 Å². The Balaban J connectivity index is 1.38. The van der Waals surface area contributed by atoms with Crippen molar-refractivity contribution in [2.24, 2.45) is 5.41 Å². The normalized spacial score (nSPS) is 22.9. The zero-order valence-corrected chi connectivity index (χ0v) is 16.0. The number of rotatable bonds is 4. The first kappa shape index (κ1) is 18.1. The van der Waals surface area contributed by atoms with Crippen LogP contribution < -0.4 is 5.32 Å². The van der Waals surface area contributed by atoms with Gasteiger partial charge in [0, 0.05) is 12.5 Å². The van der Waals surface area contributed by atoms with Crippen molar-refractivity contribution in [2.75, 3.05) is 13.2 Å². The third-order valence-corrected chi connectivity index (χ3v) is 5.98. The first-order valence-electron chi connectivity index (χ1n) is 9.68. The number of hydrogen-bond acceptors (Lipinski definition) is 3. The molecule has 4 heteroatoms. The van der Waals surface area contributed by atoms with E-state index in [4.69, 9.17) is 4.74 Å². The van der Waals surface area contributed by atoms with E-state index < -0.39 is 11.7 Å². The van der Waals surface area contributed by atoms with Gasteiger partial charge < -0.3 is 15.2 Å². The predicted octanol–water partition coefficient (Wildman–Crippen LogP) is 4.47. The number of ether oxygens (including phenoxy) is 1. The minimum Gasteiger partial charge on any atom is -0.449 e. The summed E-state index contributed by atoms with van der Waals surface area (Å²) in [5.41, 5.74) is 4.12. The Labute approximate surface area is 160 Å². The number of amides is 1. The summed E-state index contributed by atoms with van der Waals surface area (Å²) in [6, 6.07) is 16.6. The average molecular weight is 365 g/mol. The van der Waals surface area contributed by atoms with Crippen LogP contribution in [-0.4, -0.2) is 30.0 Å². The summed E-state index contributed by atoms with van der Waals surface area (Å²) in [7, 11) is 0. The van der Waals surface area contributed by atoms with E-state index in [0.29, 0.717) is 19.4 Å². The summed E-state index contributed by atoms with van der Waals surface area (Å²) in [4.78, 5) is 12.2. The molecule has 0 radical (unpaired) electrons. The van der Waals surface area contributed by atoms with E-state index in [0.717, 1.165) is 6.42 Å². The molecule has 2 aromatic rings. The number of aliphatic hydroxyl groups is 1. The minimum atomic E-state index is -0.824. The number of nitrogens with one attached hydrogen (secondary N) is 1. The fourth-order valence-corrected chi connectivity index (χ4v) is 4.68. The van der Waals surface area contributed by atoms with E-state index in [1.165, 1.54) is 22.3 Å². The molecule has 0 bridgehead atoms. The van der Waals surface area contributed by atoms with Crippen LogP contribution in [0.3, 0.4) is 0 Å². The summed E-state index contributed by atoms with van der Waals surface area (Å²) in [6.07, 6.45) is 1.92. The zero-order valence-electron chi connectivity index (χ0n) is 16.0. The molecule has 142 valence electrons. The van der Waals surface area contributed by atoms with Gasteiger partial charge in [0.25, 0.3) is 0 Å². The van der Waals surface area contributed by atoms with Crippen molar-refractivity contribution in [1.82, 2.24) is 5.32 Å². The van der Waals surface area contributed by atoms with Gasteiger partial charge in [-0.3, -0.25) is 0 Å². The summed E-state index contributed by atoms with van der Waals surface area (Å²) in [5.74, 6) is 0.0525.